The van der Waals surface area contributed by atoms with Crippen molar-refractivity contribution in [3.63, 3.8) is 0 Å². The fraction of sp³-hybridized carbons (Fsp3) is 0.900. The molecule has 0 saturated carbocycles. The van der Waals surface area contributed by atoms with E-state index in [2.05, 4.69) is 5.32 Å². The smallest absolute Gasteiger partial charge is 0.307 e. The third kappa shape index (κ3) is 22.8. The van der Waals surface area contributed by atoms with E-state index < -0.39 is 17.4 Å². The Kier molecular flexibility index (Phi) is 30.7. The van der Waals surface area contributed by atoms with Gasteiger partial charge < -0.3 is 25.2 Å². The number of aliphatic hydroxyl groups excluding tert-OH is 1. The van der Waals surface area contributed by atoms with Crippen molar-refractivity contribution in [2.75, 3.05) is 41.0 Å². The van der Waals surface area contributed by atoms with Gasteiger partial charge in [0.1, 0.15) is 6.10 Å². The first-order valence-electron chi connectivity index (χ1n) is 10.1. The minimum absolute atomic E-state index is 0.104. The number of carbonyl (C=O) groups excluding carboxylic acids is 2. The summed E-state index contributed by atoms with van der Waals surface area (Å²) < 4.78 is 9.92. The Labute approximate surface area is 167 Å². The van der Waals surface area contributed by atoms with Crippen molar-refractivity contribution in [2.24, 2.45) is 5.41 Å². The highest BCUT2D eigenvalue weighted by Gasteiger charge is 2.33. The summed E-state index contributed by atoms with van der Waals surface area (Å²) in [4.78, 5) is 23.1. The van der Waals surface area contributed by atoms with Gasteiger partial charge in [-0.2, -0.15) is 0 Å². The number of hydrogen-bond acceptors (Lipinski definition) is 5. The van der Waals surface area contributed by atoms with Gasteiger partial charge in [-0.15, -0.1) is 0 Å². The van der Waals surface area contributed by atoms with Crippen molar-refractivity contribution >= 4 is 11.9 Å². The van der Waals surface area contributed by atoms with Crippen LogP contribution in [0.2, 0.25) is 0 Å². The minimum atomic E-state index is -1.18. The van der Waals surface area contributed by atoms with E-state index in [0.717, 1.165) is 12.8 Å². The maximum absolute atomic E-state index is 11.7. The number of esters is 1. The van der Waals surface area contributed by atoms with Gasteiger partial charge in [0.05, 0.1) is 33.7 Å². The largest absolute Gasteiger partial charge is 0.466 e. The topological polar surface area (TPSA) is 101 Å². The van der Waals surface area contributed by atoms with Crippen molar-refractivity contribution in [3.05, 3.63) is 0 Å². The fourth-order valence-corrected chi connectivity index (χ4v) is 1.59. The van der Waals surface area contributed by atoms with Gasteiger partial charge >= 0.3 is 5.97 Å². The molecule has 0 aromatic heterocycles. The first-order chi connectivity index (χ1) is 12.8. The molecule has 1 amide bonds. The van der Waals surface area contributed by atoms with Crippen LogP contribution in [0.15, 0.2) is 0 Å². The lowest BCUT2D eigenvalue weighted by Crippen LogP contribution is -2.74. The van der Waals surface area contributed by atoms with Gasteiger partial charge in [-0.25, -0.2) is 0 Å². The lowest BCUT2D eigenvalue weighted by molar-refractivity contribution is -0.597. The molecule has 0 aliphatic rings. The summed E-state index contributed by atoms with van der Waals surface area (Å²) >= 11 is 0. The molecule has 0 aliphatic heterocycles. The quantitative estimate of drug-likeness (QED) is 0.386. The van der Waals surface area contributed by atoms with Crippen LogP contribution >= 0.6 is 0 Å². The maximum atomic E-state index is 11.7. The second-order valence-corrected chi connectivity index (χ2v) is 6.02. The molecular formula is C20H47N2O5+. The zero-order valence-electron chi connectivity index (χ0n) is 19.5. The van der Waals surface area contributed by atoms with Gasteiger partial charge in [0.15, 0.2) is 0 Å². The zero-order chi connectivity index (χ0) is 22.3. The van der Waals surface area contributed by atoms with E-state index in [1.54, 1.807) is 13.8 Å². The van der Waals surface area contributed by atoms with Crippen molar-refractivity contribution in [1.29, 1.82) is 0 Å². The summed E-state index contributed by atoms with van der Waals surface area (Å²) in [6.45, 7) is 14.3. The predicted molar refractivity (Wildman–Crippen MR) is 112 cm³/mol. The number of carbonyl (C=O) groups is 2. The van der Waals surface area contributed by atoms with Crippen LogP contribution in [0.5, 0.6) is 0 Å². The Morgan fingerprint density at radius 1 is 1.15 bits per heavy atom. The first-order valence-corrected chi connectivity index (χ1v) is 10.1. The first kappa shape index (κ1) is 33.4. The van der Waals surface area contributed by atoms with E-state index in [4.69, 9.17) is 9.47 Å². The predicted octanol–water partition coefficient (Wildman–Crippen LogP) is 1.73. The van der Waals surface area contributed by atoms with Crippen molar-refractivity contribution in [2.45, 2.75) is 73.8 Å². The van der Waals surface area contributed by atoms with Crippen molar-refractivity contribution in [1.82, 2.24) is 5.32 Å². The lowest BCUT2D eigenvalue weighted by Gasteiger charge is -2.28. The summed E-state index contributed by atoms with van der Waals surface area (Å²) in [6, 6.07) is 0. The zero-order valence-corrected chi connectivity index (χ0v) is 19.5. The van der Waals surface area contributed by atoms with Crippen LogP contribution in [0.4, 0.5) is 0 Å². The number of ether oxygens (including phenoxy) is 2. The Morgan fingerprint density at radius 2 is 1.63 bits per heavy atom. The van der Waals surface area contributed by atoms with Gasteiger partial charge in [-0.1, -0.05) is 54.9 Å². The van der Waals surface area contributed by atoms with Crippen LogP contribution in [-0.2, 0) is 19.1 Å². The molecule has 0 unspecified atom stereocenters. The number of amides is 1. The molecule has 7 heteroatoms. The van der Waals surface area contributed by atoms with E-state index in [1.807, 2.05) is 54.0 Å². The van der Waals surface area contributed by atoms with Crippen LogP contribution in [0.25, 0.3) is 0 Å². The van der Waals surface area contributed by atoms with Crippen molar-refractivity contribution in [3.8, 4) is 0 Å². The minimum Gasteiger partial charge on any atom is -0.466 e. The average Bonchev–Trinajstić information content (AvgIpc) is 2.65. The second-order valence-electron chi connectivity index (χ2n) is 6.02. The number of quaternary nitrogens is 1. The number of aliphatic hydroxyl groups is 1. The second kappa shape index (κ2) is 24.8. The third-order valence-corrected chi connectivity index (χ3v) is 2.89. The van der Waals surface area contributed by atoms with Gasteiger partial charge in [-0.3, -0.25) is 9.59 Å². The SMILES string of the molecule is CC.CC.CCCCOC(=O)CCNC(=O)[C@H](O)C(C)(C)COC.C[NH2+]C. The fourth-order valence-electron chi connectivity index (χ4n) is 1.59. The molecule has 1 atom stereocenters. The number of hydrogen-bond donors (Lipinski definition) is 3. The van der Waals surface area contributed by atoms with Gasteiger partial charge in [0.25, 0.3) is 0 Å². The highest BCUT2D eigenvalue weighted by atomic mass is 16.5. The molecule has 0 aromatic carbocycles. The molecule has 7 nitrogen and oxygen atoms in total. The monoisotopic (exact) mass is 395 g/mol. The van der Waals surface area contributed by atoms with Gasteiger partial charge in [-0.05, 0) is 6.42 Å². The number of nitrogens with one attached hydrogen (secondary N) is 1. The number of rotatable bonds is 10. The van der Waals surface area contributed by atoms with E-state index in [0.29, 0.717) is 6.61 Å². The Bertz CT molecular complexity index is 323. The molecule has 0 spiro atoms. The van der Waals surface area contributed by atoms with Crippen LogP contribution in [0.1, 0.15) is 67.7 Å². The Balaban J connectivity index is -0.000000331. The normalized spacial score (nSPS) is 10.6. The molecule has 4 N–H and O–H groups in total. The molecule has 0 aliphatic carbocycles. The molecule has 0 bridgehead atoms. The summed E-state index contributed by atoms with van der Waals surface area (Å²) in [5.41, 5.74) is -0.680. The molecule has 0 heterocycles. The standard InChI is InChI=1S/C14H27NO5.C2H7N.2C2H6/c1-5-6-9-20-11(16)7-8-15-13(18)12(17)14(2,3)10-19-4;1-3-2;2*1-2/h12,17H,5-10H2,1-4H3,(H,15,18);3H,1-2H3;2*1-2H3/p+1/t12-;;;/m0.../s1. The summed E-state index contributed by atoms with van der Waals surface area (Å²) in [6.07, 6.45) is 0.721. The Hall–Kier alpha value is -1.18. The van der Waals surface area contributed by atoms with Crippen LogP contribution < -0.4 is 10.6 Å². The summed E-state index contributed by atoms with van der Waals surface area (Å²) in [5, 5.41) is 14.4. The highest BCUT2D eigenvalue weighted by molar-refractivity contribution is 5.81. The number of unbranched alkanes of at least 4 members (excludes halogenated alkanes) is 1. The van der Waals surface area contributed by atoms with Crippen LogP contribution in [0.3, 0.4) is 0 Å². The highest BCUT2D eigenvalue weighted by Crippen LogP contribution is 2.20. The molecule has 0 aromatic rings. The maximum Gasteiger partial charge on any atom is 0.307 e. The Morgan fingerprint density at radius 3 is 2.04 bits per heavy atom. The summed E-state index contributed by atoms with van der Waals surface area (Å²) in [5.74, 6) is -0.849. The third-order valence-electron chi connectivity index (χ3n) is 2.89. The van der Waals surface area contributed by atoms with Gasteiger partial charge in [0, 0.05) is 19.1 Å². The van der Waals surface area contributed by atoms with Gasteiger partial charge in [0.2, 0.25) is 5.91 Å². The molecule has 0 saturated heterocycles. The molecule has 0 rings (SSSR count). The van der Waals surface area contributed by atoms with E-state index in [9.17, 15) is 14.7 Å². The summed E-state index contributed by atoms with van der Waals surface area (Å²) in [7, 11) is 5.51. The average molecular weight is 396 g/mol. The van der Waals surface area contributed by atoms with E-state index in [1.165, 1.54) is 7.11 Å². The molecule has 0 radical (unpaired) electrons. The van der Waals surface area contributed by atoms with E-state index >= 15 is 0 Å². The van der Waals surface area contributed by atoms with Crippen molar-refractivity contribution < 1.29 is 29.5 Å². The molecule has 0 fully saturated rings. The van der Waals surface area contributed by atoms with Crippen LogP contribution in [0, 0.1) is 5.41 Å². The van der Waals surface area contributed by atoms with Crippen LogP contribution in [-0.4, -0.2) is 64.1 Å². The molecule has 166 valence electrons. The molecular weight excluding hydrogens is 348 g/mol. The van der Waals surface area contributed by atoms with E-state index in [-0.39, 0.29) is 25.5 Å². The number of methoxy groups -OCH3 is 1. The number of nitrogens with two attached hydrogens (primary N) is 1. The molecule has 27 heavy (non-hydrogen) atoms. The lowest BCUT2D eigenvalue weighted by atomic mass is 9.87.